The molecule has 70 valence electrons. The molecule has 0 N–H and O–H groups in total. The van der Waals surface area contributed by atoms with Crippen molar-refractivity contribution in [1.29, 1.82) is 0 Å². The summed E-state index contributed by atoms with van der Waals surface area (Å²) in [5.41, 5.74) is 0. The van der Waals surface area contributed by atoms with Crippen LogP contribution in [0.3, 0.4) is 0 Å². The van der Waals surface area contributed by atoms with Crippen LogP contribution in [0.5, 0.6) is 0 Å². The zero-order chi connectivity index (χ0) is 9.56. The first kappa shape index (κ1) is 11.1. The van der Waals surface area contributed by atoms with Gasteiger partial charge >= 0.3 is 5.97 Å². The molecule has 0 fully saturated rings. The van der Waals surface area contributed by atoms with E-state index in [0.29, 0.717) is 6.61 Å². The number of esters is 1. The van der Waals surface area contributed by atoms with Gasteiger partial charge in [-0.05, 0) is 13.3 Å². The van der Waals surface area contributed by atoms with Crippen LogP contribution >= 0.6 is 0 Å². The van der Waals surface area contributed by atoms with Gasteiger partial charge in [0.2, 0.25) is 0 Å². The summed E-state index contributed by atoms with van der Waals surface area (Å²) >= 11 is 0. The molecule has 12 heavy (non-hydrogen) atoms. The molecule has 3 nitrogen and oxygen atoms in total. The Morgan fingerprint density at radius 1 is 1.33 bits per heavy atom. The summed E-state index contributed by atoms with van der Waals surface area (Å²) in [6.45, 7) is 5.81. The van der Waals surface area contributed by atoms with E-state index in [0.717, 1.165) is 6.42 Å². The van der Waals surface area contributed by atoms with E-state index >= 15 is 0 Å². The largest absolute Gasteiger partial charge is 0.466 e. The average Bonchev–Trinajstić information content (AvgIpc) is 2.03. The minimum atomic E-state index is -0.414. The third kappa shape index (κ3) is 4.11. The summed E-state index contributed by atoms with van der Waals surface area (Å²) in [6.07, 6.45) is 0.696. The van der Waals surface area contributed by atoms with Crippen molar-refractivity contribution in [3.8, 4) is 0 Å². The molecule has 1 atom stereocenters. The van der Waals surface area contributed by atoms with Gasteiger partial charge in [-0.3, -0.25) is 9.59 Å². The highest BCUT2D eigenvalue weighted by Gasteiger charge is 2.15. The van der Waals surface area contributed by atoms with Gasteiger partial charge in [0.15, 0.2) is 0 Å². The molecule has 0 spiro atoms. The summed E-state index contributed by atoms with van der Waals surface area (Å²) in [4.78, 5) is 22.0. The van der Waals surface area contributed by atoms with Crippen molar-refractivity contribution in [3.05, 3.63) is 0 Å². The topological polar surface area (TPSA) is 43.4 Å². The number of Topliss-reactive ketones (excluding diaryl/α,β-unsaturated/α-hetero) is 1. The van der Waals surface area contributed by atoms with Crippen LogP contribution in [-0.2, 0) is 14.3 Å². The fourth-order valence-corrected chi connectivity index (χ4v) is 0.756. The molecule has 0 rings (SSSR count). The van der Waals surface area contributed by atoms with Crippen LogP contribution < -0.4 is 0 Å². The van der Waals surface area contributed by atoms with Crippen molar-refractivity contribution in [2.24, 2.45) is 5.92 Å². The van der Waals surface area contributed by atoms with Crippen LogP contribution in [0.15, 0.2) is 0 Å². The molecule has 0 aromatic carbocycles. The first-order chi connectivity index (χ1) is 5.61. The Labute approximate surface area is 73.1 Å². The first-order valence-corrected chi connectivity index (χ1v) is 4.30. The van der Waals surface area contributed by atoms with Crippen molar-refractivity contribution >= 4 is 11.8 Å². The fraction of sp³-hybridized carbons (Fsp3) is 0.778. The van der Waals surface area contributed by atoms with Crippen LogP contribution in [0.25, 0.3) is 0 Å². The van der Waals surface area contributed by atoms with E-state index in [9.17, 15) is 9.59 Å². The molecule has 0 aliphatic heterocycles. The number of hydrogen-bond acceptors (Lipinski definition) is 3. The van der Waals surface area contributed by atoms with Gasteiger partial charge in [0.1, 0.15) is 12.2 Å². The van der Waals surface area contributed by atoms with Gasteiger partial charge in [-0.15, -0.1) is 0 Å². The van der Waals surface area contributed by atoms with Crippen LogP contribution in [0.4, 0.5) is 0 Å². The number of hydrogen-bond donors (Lipinski definition) is 0. The van der Waals surface area contributed by atoms with E-state index in [2.05, 4.69) is 4.74 Å². The molecule has 0 saturated heterocycles. The predicted molar refractivity (Wildman–Crippen MR) is 45.7 cm³/mol. The second-order valence-electron chi connectivity index (χ2n) is 2.76. The molecule has 0 bridgehead atoms. The zero-order valence-electron chi connectivity index (χ0n) is 7.92. The van der Waals surface area contributed by atoms with Gasteiger partial charge in [-0.25, -0.2) is 0 Å². The maximum atomic E-state index is 11.2. The maximum absolute atomic E-state index is 11.2. The number of carbonyl (C=O) groups excluding carboxylic acids is 2. The van der Waals surface area contributed by atoms with E-state index in [4.69, 9.17) is 0 Å². The molecule has 0 radical (unpaired) electrons. The predicted octanol–water partition coefficient (Wildman–Crippen LogP) is 1.55. The number of ketones is 1. The van der Waals surface area contributed by atoms with E-state index in [-0.39, 0.29) is 18.1 Å². The summed E-state index contributed by atoms with van der Waals surface area (Å²) < 4.78 is 4.65. The van der Waals surface area contributed by atoms with E-state index in [1.807, 2.05) is 13.8 Å². The summed E-state index contributed by atoms with van der Waals surface area (Å²) in [5.74, 6) is -0.479. The first-order valence-electron chi connectivity index (χ1n) is 4.30. The molecule has 0 aromatic rings. The Morgan fingerprint density at radius 2 is 1.92 bits per heavy atom. The lowest BCUT2D eigenvalue weighted by Crippen LogP contribution is -2.16. The molecule has 0 amide bonds. The van der Waals surface area contributed by atoms with Crippen molar-refractivity contribution in [1.82, 2.24) is 0 Å². The van der Waals surface area contributed by atoms with Gasteiger partial charge in [0.25, 0.3) is 0 Å². The minimum absolute atomic E-state index is 0.0315. The third-order valence-corrected chi connectivity index (χ3v) is 1.79. The van der Waals surface area contributed by atoms with Crippen molar-refractivity contribution in [2.75, 3.05) is 6.61 Å². The van der Waals surface area contributed by atoms with E-state index < -0.39 is 5.97 Å². The van der Waals surface area contributed by atoms with Gasteiger partial charge in [0, 0.05) is 5.92 Å². The van der Waals surface area contributed by atoms with E-state index in [1.54, 1.807) is 6.92 Å². The molecule has 3 heteroatoms. The highest BCUT2D eigenvalue weighted by Crippen LogP contribution is 2.05. The maximum Gasteiger partial charge on any atom is 0.313 e. The Kier molecular flexibility index (Phi) is 5.34. The standard InChI is InChI=1S/C9H16O3/c1-4-7(3)8(10)6-9(11)12-5-2/h7H,4-6H2,1-3H3/t7-/m1/s1. The average molecular weight is 172 g/mol. The van der Waals surface area contributed by atoms with Crippen LogP contribution in [0, 0.1) is 5.92 Å². The van der Waals surface area contributed by atoms with Crippen molar-refractivity contribution in [3.63, 3.8) is 0 Å². The quantitative estimate of drug-likeness (QED) is 0.467. The lowest BCUT2D eigenvalue weighted by atomic mass is 10.0. The van der Waals surface area contributed by atoms with Gasteiger partial charge in [-0.1, -0.05) is 13.8 Å². The van der Waals surface area contributed by atoms with Crippen LogP contribution in [0.2, 0.25) is 0 Å². The zero-order valence-corrected chi connectivity index (χ0v) is 7.92. The normalized spacial score (nSPS) is 12.2. The monoisotopic (exact) mass is 172 g/mol. The van der Waals surface area contributed by atoms with Gasteiger partial charge in [-0.2, -0.15) is 0 Å². The van der Waals surface area contributed by atoms with Crippen LogP contribution in [-0.4, -0.2) is 18.4 Å². The number of carbonyl (C=O) groups is 2. The molecule has 0 unspecified atom stereocenters. The van der Waals surface area contributed by atoms with E-state index in [1.165, 1.54) is 0 Å². The lowest BCUT2D eigenvalue weighted by molar-refractivity contribution is -0.146. The van der Waals surface area contributed by atoms with Crippen molar-refractivity contribution < 1.29 is 14.3 Å². The fourth-order valence-electron chi connectivity index (χ4n) is 0.756. The second kappa shape index (κ2) is 5.75. The Bertz CT molecular complexity index is 163. The molecule has 0 saturated carbocycles. The Hall–Kier alpha value is -0.860. The molecule has 0 aliphatic carbocycles. The summed E-state index contributed by atoms with van der Waals surface area (Å²) in [6, 6.07) is 0. The van der Waals surface area contributed by atoms with Gasteiger partial charge in [0.05, 0.1) is 6.61 Å². The van der Waals surface area contributed by atoms with Gasteiger partial charge < -0.3 is 4.74 Å². The lowest BCUT2D eigenvalue weighted by Gasteiger charge is -2.05. The highest BCUT2D eigenvalue weighted by molar-refractivity contribution is 5.96. The molecule has 0 aromatic heterocycles. The smallest absolute Gasteiger partial charge is 0.313 e. The Morgan fingerprint density at radius 3 is 2.33 bits per heavy atom. The molecular formula is C9H16O3. The number of rotatable bonds is 5. The summed E-state index contributed by atoms with van der Waals surface area (Å²) in [5, 5.41) is 0. The molecule has 0 aliphatic rings. The SMILES string of the molecule is CCOC(=O)CC(=O)[C@H](C)CC. The second-order valence-corrected chi connectivity index (χ2v) is 2.76. The Balaban J connectivity index is 3.76. The van der Waals surface area contributed by atoms with Crippen LogP contribution in [0.1, 0.15) is 33.6 Å². The number of ether oxygens (including phenoxy) is 1. The molecule has 0 heterocycles. The highest BCUT2D eigenvalue weighted by atomic mass is 16.5. The molecular weight excluding hydrogens is 156 g/mol. The summed E-state index contributed by atoms with van der Waals surface area (Å²) in [7, 11) is 0. The minimum Gasteiger partial charge on any atom is -0.466 e. The third-order valence-electron chi connectivity index (χ3n) is 1.79. The van der Waals surface area contributed by atoms with Crippen molar-refractivity contribution in [2.45, 2.75) is 33.6 Å².